The van der Waals surface area contributed by atoms with Gasteiger partial charge in [-0.05, 0) is 18.2 Å². The van der Waals surface area contributed by atoms with Gasteiger partial charge in [-0.3, -0.25) is 9.97 Å². The fraction of sp³-hybridized carbons (Fsp3) is 0. The van der Waals surface area contributed by atoms with Crippen molar-refractivity contribution in [1.29, 1.82) is 0 Å². The Labute approximate surface area is 134 Å². The highest BCUT2D eigenvalue weighted by molar-refractivity contribution is 7.18. The van der Waals surface area contributed by atoms with Gasteiger partial charge in [0.15, 0.2) is 5.82 Å². The SMILES string of the molecule is Oc1nc(-c2ccccn2)nc2c(-c3cncc(F)c3)csc12. The third kappa shape index (κ3) is 2.40. The van der Waals surface area contributed by atoms with Crippen LogP contribution in [0.2, 0.25) is 0 Å². The zero-order valence-corrected chi connectivity index (χ0v) is 12.5. The molecule has 0 aromatic carbocycles. The van der Waals surface area contributed by atoms with E-state index in [4.69, 9.17) is 0 Å². The molecule has 112 valence electrons. The number of thiophene rings is 1. The summed E-state index contributed by atoms with van der Waals surface area (Å²) in [5.41, 5.74) is 2.41. The van der Waals surface area contributed by atoms with Crippen molar-refractivity contribution in [3.63, 3.8) is 0 Å². The van der Waals surface area contributed by atoms with Crippen molar-refractivity contribution < 1.29 is 9.50 Å². The molecule has 0 bridgehead atoms. The summed E-state index contributed by atoms with van der Waals surface area (Å²) in [6.45, 7) is 0. The maximum atomic E-state index is 13.4. The molecule has 23 heavy (non-hydrogen) atoms. The maximum absolute atomic E-state index is 13.4. The fourth-order valence-electron chi connectivity index (χ4n) is 2.28. The van der Waals surface area contributed by atoms with Gasteiger partial charge >= 0.3 is 0 Å². The molecule has 0 amide bonds. The van der Waals surface area contributed by atoms with Crippen LogP contribution in [-0.2, 0) is 0 Å². The van der Waals surface area contributed by atoms with E-state index in [1.54, 1.807) is 29.9 Å². The van der Waals surface area contributed by atoms with E-state index in [9.17, 15) is 9.50 Å². The van der Waals surface area contributed by atoms with Crippen molar-refractivity contribution in [2.45, 2.75) is 0 Å². The van der Waals surface area contributed by atoms with Crippen LogP contribution in [0.15, 0.2) is 48.2 Å². The summed E-state index contributed by atoms with van der Waals surface area (Å²) in [6, 6.07) is 6.75. The molecule has 4 aromatic heterocycles. The highest BCUT2D eigenvalue weighted by Gasteiger charge is 2.16. The molecule has 0 aliphatic carbocycles. The lowest BCUT2D eigenvalue weighted by molar-refractivity contribution is 0.461. The van der Waals surface area contributed by atoms with E-state index in [0.29, 0.717) is 32.9 Å². The lowest BCUT2D eigenvalue weighted by Gasteiger charge is -2.03. The number of aromatic hydroxyl groups is 1. The van der Waals surface area contributed by atoms with Crippen LogP contribution < -0.4 is 0 Å². The molecule has 0 spiro atoms. The molecular weight excluding hydrogens is 315 g/mol. The lowest BCUT2D eigenvalue weighted by atomic mass is 10.1. The Hall–Kier alpha value is -2.93. The largest absolute Gasteiger partial charge is 0.492 e. The molecule has 5 nitrogen and oxygen atoms in total. The van der Waals surface area contributed by atoms with Crippen LogP contribution in [-0.4, -0.2) is 25.0 Å². The molecule has 0 aliphatic rings. The summed E-state index contributed by atoms with van der Waals surface area (Å²) in [5, 5.41) is 12.0. The van der Waals surface area contributed by atoms with Gasteiger partial charge in [-0.2, -0.15) is 4.98 Å². The Morgan fingerprint density at radius 3 is 2.83 bits per heavy atom. The van der Waals surface area contributed by atoms with Gasteiger partial charge in [-0.1, -0.05) is 6.07 Å². The molecule has 0 unspecified atom stereocenters. The van der Waals surface area contributed by atoms with Crippen molar-refractivity contribution in [2.75, 3.05) is 0 Å². The number of nitrogens with zero attached hydrogens (tertiary/aromatic N) is 4. The zero-order valence-electron chi connectivity index (χ0n) is 11.6. The second-order valence-electron chi connectivity index (χ2n) is 4.80. The molecule has 0 saturated carbocycles. The number of rotatable bonds is 2. The highest BCUT2D eigenvalue weighted by atomic mass is 32.1. The fourth-order valence-corrected chi connectivity index (χ4v) is 3.18. The minimum atomic E-state index is -0.426. The molecule has 0 saturated heterocycles. The smallest absolute Gasteiger partial charge is 0.233 e. The van der Waals surface area contributed by atoms with Gasteiger partial charge in [0.05, 0.1) is 11.7 Å². The first kappa shape index (κ1) is 13.7. The van der Waals surface area contributed by atoms with Crippen LogP contribution >= 0.6 is 11.3 Å². The number of fused-ring (bicyclic) bond motifs is 1. The van der Waals surface area contributed by atoms with Gasteiger partial charge in [-0.25, -0.2) is 9.37 Å². The Kier molecular flexibility index (Phi) is 3.20. The molecule has 0 fully saturated rings. The van der Waals surface area contributed by atoms with Crippen molar-refractivity contribution in [2.24, 2.45) is 0 Å². The first-order chi connectivity index (χ1) is 11.2. The van der Waals surface area contributed by atoms with Crippen molar-refractivity contribution in [3.05, 3.63) is 54.1 Å². The normalized spacial score (nSPS) is 11.0. The van der Waals surface area contributed by atoms with Gasteiger partial charge in [0.1, 0.15) is 16.2 Å². The number of aromatic nitrogens is 4. The molecule has 1 N–H and O–H groups in total. The van der Waals surface area contributed by atoms with Crippen molar-refractivity contribution in [3.8, 4) is 28.5 Å². The van der Waals surface area contributed by atoms with E-state index in [1.165, 1.54) is 17.4 Å². The number of pyridine rings is 2. The average molecular weight is 324 g/mol. The van der Waals surface area contributed by atoms with Crippen molar-refractivity contribution in [1.82, 2.24) is 19.9 Å². The third-order valence-electron chi connectivity index (χ3n) is 3.31. The first-order valence-corrected chi connectivity index (χ1v) is 7.61. The highest BCUT2D eigenvalue weighted by Crippen LogP contribution is 2.37. The summed E-state index contributed by atoms with van der Waals surface area (Å²) in [6.07, 6.45) is 4.33. The van der Waals surface area contributed by atoms with Gasteiger partial charge in [0.25, 0.3) is 0 Å². The Balaban J connectivity index is 1.96. The lowest BCUT2D eigenvalue weighted by Crippen LogP contribution is -1.92. The van der Waals surface area contributed by atoms with Crippen LogP contribution in [0, 0.1) is 5.82 Å². The average Bonchev–Trinajstić information content (AvgIpc) is 3.00. The van der Waals surface area contributed by atoms with Crippen LogP contribution in [0.5, 0.6) is 5.88 Å². The molecule has 0 radical (unpaired) electrons. The second kappa shape index (κ2) is 5.36. The van der Waals surface area contributed by atoms with Gasteiger partial charge < -0.3 is 5.11 Å². The number of hydrogen-bond acceptors (Lipinski definition) is 6. The molecular formula is C16H9FN4OS. The summed E-state index contributed by atoms with van der Waals surface area (Å²) in [5.74, 6) is -0.221. The molecule has 0 aliphatic heterocycles. The summed E-state index contributed by atoms with van der Waals surface area (Å²) in [4.78, 5) is 16.7. The Morgan fingerprint density at radius 2 is 2.04 bits per heavy atom. The summed E-state index contributed by atoms with van der Waals surface area (Å²) >= 11 is 1.30. The van der Waals surface area contributed by atoms with E-state index < -0.39 is 5.82 Å². The van der Waals surface area contributed by atoms with Crippen LogP contribution in [0.1, 0.15) is 0 Å². The first-order valence-electron chi connectivity index (χ1n) is 6.73. The quantitative estimate of drug-likeness (QED) is 0.609. The standard InChI is InChI=1S/C16H9FN4OS/c17-10-5-9(6-18-7-10)11-8-23-14-13(11)20-15(21-16(14)22)12-3-1-2-4-19-12/h1-8H,(H,20,21,22). The predicted octanol–water partition coefficient (Wildman–Crippen LogP) is 3.66. The molecule has 4 heterocycles. The molecule has 7 heteroatoms. The van der Waals surface area contributed by atoms with E-state index in [0.717, 1.165) is 6.20 Å². The Morgan fingerprint density at radius 1 is 1.13 bits per heavy atom. The molecule has 0 atom stereocenters. The third-order valence-corrected chi connectivity index (χ3v) is 4.27. The van der Waals surface area contributed by atoms with Crippen LogP contribution in [0.4, 0.5) is 4.39 Å². The van der Waals surface area contributed by atoms with Gasteiger partial charge in [-0.15, -0.1) is 11.3 Å². The van der Waals surface area contributed by atoms with Crippen LogP contribution in [0.3, 0.4) is 0 Å². The zero-order chi connectivity index (χ0) is 15.8. The summed E-state index contributed by atoms with van der Waals surface area (Å²) < 4.78 is 14.0. The second-order valence-corrected chi connectivity index (χ2v) is 5.68. The van der Waals surface area contributed by atoms with E-state index in [1.807, 2.05) is 6.07 Å². The monoisotopic (exact) mass is 324 g/mol. The minimum Gasteiger partial charge on any atom is -0.492 e. The Bertz CT molecular complexity index is 1000. The molecule has 4 aromatic rings. The topological polar surface area (TPSA) is 71.8 Å². The number of halogens is 1. The predicted molar refractivity (Wildman–Crippen MR) is 85.5 cm³/mol. The summed E-state index contributed by atoms with van der Waals surface area (Å²) in [7, 11) is 0. The van der Waals surface area contributed by atoms with E-state index >= 15 is 0 Å². The van der Waals surface area contributed by atoms with E-state index in [2.05, 4.69) is 19.9 Å². The van der Waals surface area contributed by atoms with Crippen LogP contribution in [0.25, 0.3) is 32.9 Å². The molecule has 4 rings (SSSR count). The minimum absolute atomic E-state index is 0.115. The van der Waals surface area contributed by atoms with Gasteiger partial charge in [0.2, 0.25) is 5.88 Å². The maximum Gasteiger partial charge on any atom is 0.233 e. The van der Waals surface area contributed by atoms with E-state index in [-0.39, 0.29) is 5.88 Å². The van der Waals surface area contributed by atoms with Gasteiger partial charge in [0, 0.05) is 28.9 Å². The number of hydrogen-bond donors (Lipinski definition) is 1. The van der Waals surface area contributed by atoms with Crippen molar-refractivity contribution >= 4 is 21.6 Å².